The molecule has 0 saturated carbocycles. The van der Waals surface area contributed by atoms with Crippen LogP contribution in [0, 0.1) is 6.92 Å². The highest BCUT2D eigenvalue weighted by molar-refractivity contribution is 6.18. The molecular formula is C15H23Cl2N. The Bertz CT molecular complexity index is 346. The molecule has 0 N–H and O–H groups in total. The summed E-state index contributed by atoms with van der Waals surface area (Å²) in [6, 6.07) is 6.67. The van der Waals surface area contributed by atoms with Crippen molar-refractivity contribution in [3.8, 4) is 0 Å². The summed E-state index contributed by atoms with van der Waals surface area (Å²) in [6.45, 7) is 6.11. The van der Waals surface area contributed by atoms with Gasteiger partial charge in [0.05, 0.1) is 0 Å². The lowest BCUT2D eigenvalue weighted by atomic mass is 10.0. The van der Waals surface area contributed by atoms with Crippen LogP contribution >= 0.6 is 23.2 Å². The van der Waals surface area contributed by atoms with Gasteiger partial charge in [0.2, 0.25) is 0 Å². The number of unbranched alkanes of at least 4 members (excludes halogenated alkanes) is 1. The van der Waals surface area contributed by atoms with Crippen LogP contribution in [0.5, 0.6) is 0 Å². The molecule has 102 valence electrons. The van der Waals surface area contributed by atoms with Gasteiger partial charge in [-0.25, -0.2) is 0 Å². The predicted molar refractivity (Wildman–Crippen MR) is 83.4 cm³/mol. The van der Waals surface area contributed by atoms with Gasteiger partial charge in [-0.15, -0.1) is 23.2 Å². The third-order valence-electron chi connectivity index (χ3n) is 3.21. The van der Waals surface area contributed by atoms with E-state index in [1.807, 2.05) is 0 Å². The van der Waals surface area contributed by atoms with E-state index in [0.717, 1.165) is 19.5 Å². The van der Waals surface area contributed by atoms with Crippen LogP contribution in [-0.2, 0) is 6.42 Å². The largest absolute Gasteiger partial charge is 0.369 e. The van der Waals surface area contributed by atoms with Gasteiger partial charge in [0, 0.05) is 30.5 Å². The van der Waals surface area contributed by atoms with Crippen LogP contribution in [0.25, 0.3) is 0 Å². The summed E-state index contributed by atoms with van der Waals surface area (Å²) in [7, 11) is 0. The lowest BCUT2D eigenvalue weighted by molar-refractivity contribution is 0.789. The van der Waals surface area contributed by atoms with E-state index in [1.54, 1.807) is 0 Å². The Labute approximate surface area is 121 Å². The highest BCUT2D eigenvalue weighted by Gasteiger charge is 2.07. The maximum Gasteiger partial charge on any atom is 0.0399 e. The quantitative estimate of drug-likeness (QED) is 0.631. The summed E-state index contributed by atoms with van der Waals surface area (Å²) in [6.07, 6.45) is 3.64. The number of hydrogen-bond acceptors (Lipinski definition) is 1. The number of aryl methyl sites for hydroxylation is 2. The fourth-order valence-corrected chi connectivity index (χ4v) is 2.47. The Morgan fingerprint density at radius 1 is 1.11 bits per heavy atom. The van der Waals surface area contributed by atoms with Gasteiger partial charge in [-0.3, -0.25) is 0 Å². The molecule has 0 amide bonds. The van der Waals surface area contributed by atoms with E-state index in [4.69, 9.17) is 23.2 Å². The molecule has 0 bridgehead atoms. The number of nitrogens with zero attached hydrogens (tertiary/aromatic N) is 1. The summed E-state index contributed by atoms with van der Waals surface area (Å²) < 4.78 is 0. The van der Waals surface area contributed by atoms with Crippen LogP contribution in [0.1, 0.15) is 30.9 Å². The molecule has 1 aromatic carbocycles. The van der Waals surface area contributed by atoms with Crippen molar-refractivity contribution in [2.24, 2.45) is 0 Å². The number of halogens is 2. The van der Waals surface area contributed by atoms with Gasteiger partial charge in [-0.05, 0) is 43.0 Å². The number of anilines is 1. The van der Waals surface area contributed by atoms with Gasteiger partial charge in [-0.2, -0.15) is 0 Å². The molecule has 0 unspecified atom stereocenters. The Kier molecular flexibility index (Phi) is 7.53. The Hall–Kier alpha value is -0.400. The number of rotatable bonds is 8. The molecule has 3 heteroatoms. The van der Waals surface area contributed by atoms with Gasteiger partial charge in [0.1, 0.15) is 0 Å². The SMILES string of the molecule is CCCCc1cc(N(CCCl)CCCl)ccc1C. The zero-order valence-corrected chi connectivity index (χ0v) is 12.9. The fraction of sp³-hybridized carbons (Fsp3) is 0.600. The van der Waals surface area contributed by atoms with Crippen LogP contribution in [0.2, 0.25) is 0 Å². The summed E-state index contributed by atoms with van der Waals surface area (Å²) in [5.41, 5.74) is 4.07. The number of alkyl halides is 2. The Balaban J connectivity index is 2.86. The van der Waals surface area contributed by atoms with E-state index in [9.17, 15) is 0 Å². The van der Waals surface area contributed by atoms with Gasteiger partial charge >= 0.3 is 0 Å². The smallest absolute Gasteiger partial charge is 0.0399 e. The van der Waals surface area contributed by atoms with E-state index >= 15 is 0 Å². The van der Waals surface area contributed by atoms with E-state index in [-0.39, 0.29) is 0 Å². The Morgan fingerprint density at radius 3 is 2.33 bits per heavy atom. The van der Waals surface area contributed by atoms with Crippen LogP contribution < -0.4 is 4.90 Å². The van der Waals surface area contributed by atoms with Crippen molar-refractivity contribution in [1.29, 1.82) is 0 Å². The van der Waals surface area contributed by atoms with E-state index in [1.165, 1.54) is 29.7 Å². The van der Waals surface area contributed by atoms with Crippen LogP contribution in [0.3, 0.4) is 0 Å². The normalized spacial score (nSPS) is 10.7. The lowest BCUT2D eigenvalue weighted by Crippen LogP contribution is -2.27. The molecule has 0 aliphatic carbocycles. The molecule has 0 aliphatic heterocycles. The second kappa shape index (κ2) is 8.66. The summed E-state index contributed by atoms with van der Waals surface area (Å²) in [5, 5.41) is 0. The van der Waals surface area contributed by atoms with Crippen molar-refractivity contribution < 1.29 is 0 Å². The average Bonchev–Trinajstić information content (AvgIpc) is 2.38. The molecule has 1 nitrogen and oxygen atoms in total. The second-order valence-corrected chi connectivity index (χ2v) is 5.34. The minimum atomic E-state index is 0.634. The van der Waals surface area contributed by atoms with Crippen molar-refractivity contribution in [2.75, 3.05) is 29.7 Å². The van der Waals surface area contributed by atoms with Crippen molar-refractivity contribution in [2.45, 2.75) is 33.1 Å². The van der Waals surface area contributed by atoms with Gasteiger partial charge in [-0.1, -0.05) is 19.4 Å². The zero-order valence-electron chi connectivity index (χ0n) is 11.4. The first-order chi connectivity index (χ1) is 8.72. The van der Waals surface area contributed by atoms with Crippen molar-refractivity contribution in [1.82, 2.24) is 0 Å². The molecular weight excluding hydrogens is 265 g/mol. The molecule has 1 rings (SSSR count). The zero-order chi connectivity index (χ0) is 13.4. The highest BCUT2D eigenvalue weighted by Crippen LogP contribution is 2.21. The molecule has 0 aromatic heterocycles. The van der Waals surface area contributed by atoms with Gasteiger partial charge in [0.25, 0.3) is 0 Å². The first kappa shape index (κ1) is 15.7. The summed E-state index contributed by atoms with van der Waals surface area (Å²) in [5.74, 6) is 1.27. The second-order valence-electron chi connectivity index (χ2n) is 4.58. The van der Waals surface area contributed by atoms with Crippen molar-refractivity contribution in [3.05, 3.63) is 29.3 Å². The first-order valence-electron chi connectivity index (χ1n) is 6.69. The third kappa shape index (κ3) is 4.70. The molecule has 0 atom stereocenters. The molecule has 0 saturated heterocycles. The monoisotopic (exact) mass is 287 g/mol. The number of benzene rings is 1. The minimum absolute atomic E-state index is 0.634. The van der Waals surface area contributed by atoms with Crippen LogP contribution in [0.15, 0.2) is 18.2 Å². The molecule has 0 spiro atoms. The maximum atomic E-state index is 5.85. The highest BCUT2D eigenvalue weighted by atomic mass is 35.5. The Morgan fingerprint density at radius 2 is 1.78 bits per heavy atom. The molecule has 0 heterocycles. The fourth-order valence-electron chi connectivity index (χ4n) is 2.07. The predicted octanol–water partition coefficient (Wildman–Crippen LogP) is 4.62. The molecule has 1 aromatic rings. The average molecular weight is 288 g/mol. The van der Waals surface area contributed by atoms with E-state index < -0.39 is 0 Å². The van der Waals surface area contributed by atoms with E-state index in [0.29, 0.717) is 11.8 Å². The molecule has 0 radical (unpaired) electrons. The topological polar surface area (TPSA) is 3.24 Å². The van der Waals surface area contributed by atoms with Crippen molar-refractivity contribution in [3.63, 3.8) is 0 Å². The maximum absolute atomic E-state index is 5.85. The summed E-state index contributed by atoms with van der Waals surface area (Å²) >= 11 is 11.7. The molecule has 0 fully saturated rings. The van der Waals surface area contributed by atoms with E-state index in [2.05, 4.69) is 36.9 Å². The van der Waals surface area contributed by atoms with Crippen LogP contribution in [0.4, 0.5) is 5.69 Å². The minimum Gasteiger partial charge on any atom is -0.369 e. The number of hydrogen-bond donors (Lipinski definition) is 0. The van der Waals surface area contributed by atoms with Gasteiger partial charge in [0.15, 0.2) is 0 Å². The summed E-state index contributed by atoms with van der Waals surface area (Å²) in [4.78, 5) is 2.26. The lowest BCUT2D eigenvalue weighted by Gasteiger charge is -2.24. The van der Waals surface area contributed by atoms with Gasteiger partial charge < -0.3 is 4.90 Å². The molecule has 0 aliphatic rings. The third-order valence-corrected chi connectivity index (χ3v) is 3.54. The first-order valence-corrected chi connectivity index (χ1v) is 7.76. The molecule has 18 heavy (non-hydrogen) atoms. The standard InChI is InChI=1S/C15H23Cl2N/c1-3-4-5-14-12-15(7-6-13(14)2)18(10-8-16)11-9-17/h6-7,12H,3-5,8-11H2,1-2H3. The van der Waals surface area contributed by atoms with Crippen LogP contribution in [-0.4, -0.2) is 24.8 Å². The van der Waals surface area contributed by atoms with Crippen molar-refractivity contribution >= 4 is 28.9 Å².